The number of esters is 1. The van der Waals surface area contributed by atoms with Gasteiger partial charge in [0.2, 0.25) is 0 Å². The summed E-state index contributed by atoms with van der Waals surface area (Å²) in [6, 6.07) is 38.6. The summed E-state index contributed by atoms with van der Waals surface area (Å²) < 4.78 is 4.88. The van der Waals surface area contributed by atoms with Crippen LogP contribution in [0.3, 0.4) is 0 Å². The van der Waals surface area contributed by atoms with E-state index >= 15 is 0 Å². The van der Waals surface area contributed by atoms with Crippen molar-refractivity contribution in [1.29, 1.82) is 0 Å². The van der Waals surface area contributed by atoms with Crippen molar-refractivity contribution in [3.05, 3.63) is 143 Å². The van der Waals surface area contributed by atoms with Crippen molar-refractivity contribution in [1.82, 2.24) is 4.98 Å². The Hall–Kier alpha value is -4.22. The molecule has 5 rings (SSSR count). The third-order valence-electron chi connectivity index (χ3n) is 6.00. The maximum Gasteiger partial charge on any atom is 0.337 e. The highest BCUT2D eigenvalue weighted by molar-refractivity contribution is 7.14. The van der Waals surface area contributed by atoms with Crippen molar-refractivity contribution in [3.8, 4) is 11.3 Å². The quantitative estimate of drug-likeness (QED) is 0.203. The molecular formula is C30H24N2O2S. The number of methoxy groups -OCH3 is 1. The van der Waals surface area contributed by atoms with Crippen LogP contribution in [0.5, 0.6) is 0 Å². The number of benzene rings is 4. The predicted octanol–water partition coefficient (Wildman–Crippen LogP) is 7.00. The van der Waals surface area contributed by atoms with Gasteiger partial charge in [0.1, 0.15) is 5.54 Å². The second-order valence-corrected chi connectivity index (χ2v) is 8.94. The van der Waals surface area contributed by atoms with Gasteiger partial charge in [-0.15, -0.1) is 11.3 Å². The molecule has 0 atom stereocenters. The lowest BCUT2D eigenvalue weighted by Crippen LogP contribution is -2.38. The molecule has 1 heterocycles. The monoisotopic (exact) mass is 476 g/mol. The Bertz CT molecular complexity index is 1320. The van der Waals surface area contributed by atoms with Gasteiger partial charge in [0, 0.05) is 10.9 Å². The fraction of sp³-hybridized carbons (Fsp3) is 0.0667. The summed E-state index contributed by atoms with van der Waals surface area (Å²) in [6.07, 6.45) is 0. The second-order valence-electron chi connectivity index (χ2n) is 8.08. The highest BCUT2D eigenvalue weighted by Crippen LogP contribution is 2.41. The Balaban J connectivity index is 1.62. The van der Waals surface area contributed by atoms with Gasteiger partial charge >= 0.3 is 5.97 Å². The smallest absolute Gasteiger partial charge is 0.337 e. The van der Waals surface area contributed by atoms with Gasteiger partial charge in [0.25, 0.3) is 0 Å². The maximum atomic E-state index is 12.0. The molecule has 5 aromatic rings. The average Bonchev–Trinajstić information content (AvgIpc) is 3.41. The topological polar surface area (TPSA) is 51.2 Å². The van der Waals surface area contributed by atoms with E-state index < -0.39 is 5.54 Å². The van der Waals surface area contributed by atoms with Crippen LogP contribution >= 0.6 is 11.3 Å². The van der Waals surface area contributed by atoms with Gasteiger partial charge in [-0.3, -0.25) is 0 Å². The maximum absolute atomic E-state index is 12.0. The summed E-state index contributed by atoms with van der Waals surface area (Å²) in [7, 11) is 1.39. The van der Waals surface area contributed by atoms with Gasteiger partial charge in [-0.25, -0.2) is 9.78 Å². The first-order valence-electron chi connectivity index (χ1n) is 11.3. The summed E-state index contributed by atoms with van der Waals surface area (Å²) in [5, 5.41) is 6.58. The second kappa shape index (κ2) is 9.95. The Labute approximate surface area is 208 Å². The third kappa shape index (κ3) is 4.46. The molecule has 4 nitrogen and oxygen atoms in total. The molecular weight excluding hydrogens is 452 g/mol. The number of hydrogen-bond acceptors (Lipinski definition) is 5. The van der Waals surface area contributed by atoms with Crippen LogP contribution in [0.15, 0.2) is 121 Å². The van der Waals surface area contributed by atoms with Crippen LogP contribution in [0.4, 0.5) is 5.13 Å². The number of carbonyl (C=O) groups excluding carboxylic acids is 1. The Morgan fingerprint density at radius 1 is 0.771 bits per heavy atom. The molecule has 0 aliphatic rings. The highest BCUT2D eigenvalue weighted by atomic mass is 32.1. The zero-order chi connectivity index (χ0) is 24.1. The largest absolute Gasteiger partial charge is 0.465 e. The minimum Gasteiger partial charge on any atom is -0.465 e. The van der Waals surface area contributed by atoms with E-state index in [0.717, 1.165) is 33.1 Å². The van der Waals surface area contributed by atoms with Gasteiger partial charge in [0.15, 0.2) is 5.13 Å². The molecule has 0 amide bonds. The third-order valence-corrected chi connectivity index (χ3v) is 6.76. The van der Waals surface area contributed by atoms with Crippen LogP contribution in [0.1, 0.15) is 27.0 Å². The molecule has 0 aliphatic carbocycles. The van der Waals surface area contributed by atoms with Crippen molar-refractivity contribution < 1.29 is 9.53 Å². The zero-order valence-corrected chi connectivity index (χ0v) is 20.0. The normalized spacial score (nSPS) is 11.1. The van der Waals surface area contributed by atoms with Gasteiger partial charge in [-0.05, 0) is 28.8 Å². The number of carbonyl (C=O) groups is 1. The minimum absolute atomic E-state index is 0.364. The van der Waals surface area contributed by atoms with Crippen molar-refractivity contribution >= 4 is 22.4 Å². The molecule has 0 unspecified atom stereocenters. The van der Waals surface area contributed by atoms with E-state index in [1.54, 1.807) is 6.07 Å². The van der Waals surface area contributed by atoms with Crippen molar-refractivity contribution in [2.45, 2.75) is 5.54 Å². The lowest BCUT2D eigenvalue weighted by atomic mass is 9.77. The Morgan fingerprint density at radius 3 is 1.83 bits per heavy atom. The summed E-state index contributed by atoms with van der Waals surface area (Å²) in [6.45, 7) is 0. The predicted molar refractivity (Wildman–Crippen MR) is 142 cm³/mol. The van der Waals surface area contributed by atoms with E-state index in [4.69, 9.17) is 9.72 Å². The minimum atomic E-state index is -0.646. The van der Waals surface area contributed by atoms with E-state index in [0.29, 0.717) is 5.56 Å². The highest BCUT2D eigenvalue weighted by Gasteiger charge is 2.37. The van der Waals surface area contributed by atoms with Crippen molar-refractivity contribution in [2.75, 3.05) is 12.4 Å². The molecule has 1 aromatic heterocycles. The first-order valence-corrected chi connectivity index (χ1v) is 12.2. The van der Waals surface area contributed by atoms with Crippen LogP contribution in [-0.2, 0) is 10.3 Å². The number of anilines is 1. The van der Waals surface area contributed by atoms with E-state index in [1.165, 1.54) is 18.4 Å². The average molecular weight is 477 g/mol. The number of nitrogens with one attached hydrogen (secondary N) is 1. The van der Waals surface area contributed by atoms with Gasteiger partial charge < -0.3 is 10.1 Å². The van der Waals surface area contributed by atoms with Crippen LogP contribution in [0.25, 0.3) is 11.3 Å². The van der Waals surface area contributed by atoms with Gasteiger partial charge in [0.05, 0.1) is 18.4 Å². The standard InChI is InChI=1S/C30H24N2O2S/c1-34-28(33)23-13-11-12-22(20-23)27-21-35-29(31-27)32-30(24-14-5-2-6-15-24,25-16-7-3-8-17-25)26-18-9-4-10-19-26/h2-21H,1H3,(H,31,32). The molecule has 35 heavy (non-hydrogen) atoms. The lowest BCUT2D eigenvalue weighted by Gasteiger charge is -2.36. The zero-order valence-electron chi connectivity index (χ0n) is 19.2. The van der Waals surface area contributed by atoms with Crippen LogP contribution in [-0.4, -0.2) is 18.1 Å². The summed E-state index contributed by atoms with van der Waals surface area (Å²) in [5.41, 5.74) is 4.85. The van der Waals surface area contributed by atoms with E-state index in [1.807, 2.05) is 41.8 Å². The number of thiazole rings is 1. The van der Waals surface area contributed by atoms with Gasteiger partial charge in [-0.2, -0.15) is 0 Å². The van der Waals surface area contributed by atoms with Crippen LogP contribution in [0.2, 0.25) is 0 Å². The summed E-state index contributed by atoms with van der Waals surface area (Å²) in [4.78, 5) is 16.9. The van der Waals surface area contributed by atoms with Crippen LogP contribution in [0, 0.1) is 0 Å². The molecule has 0 aliphatic heterocycles. The fourth-order valence-electron chi connectivity index (χ4n) is 4.33. The number of rotatable bonds is 7. The summed E-state index contributed by atoms with van der Waals surface area (Å²) in [5.74, 6) is -0.364. The molecule has 0 spiro atoms. The lowest BCUT2D eigenvalue weighted by molar-refractivity contribution is 0.0601. The Kier molecular flexibility index (Phi) is 6.42. The van der Waals surface area contributed by atoms with E-state index in [2.05, 4.69) is 78.1 Å². The van der Waals surface area contributed by atoms with Crippen LogP contribution < -0.4 is 5.32 Å². The number of ether oxygens (including phenoxy) is 1. The molecule has 0 saturated carbocycles. The number of hydrogen-bond donors (Lipinski definition) is 1. The molecule has 172 valence electrons. The first kappa shape index (κ1) is 22.6. The van der Waals surface area contributed by atoms with E-state index in [9.17, 15) is 4.79 Å². The molecule has 0 radical (unpaired) electrons. The summed E-state index contributed by atoms with van der Waals surface area (Å²) >= 11 is 1.54. The molecule has 1 N–H and O–H groups in total. The number of nitrogens with zero attached hydrogens (tertiary/aromatic N) is 1. The SMILES string of the molecule is COC(=O)c1cccc(-c2csc(NC(c3ccccc3)(c3ccccc3)c3ccccc3)n2)c1. The molecule has 0 saturated heterocycles. The van der Waals surface area contributed by atoms with E-state index in [-0.39, 0.29) is 5.97 Å². The fourth-order valence-corrected chi connectivity index (χ4v) is 5.10. The number of aromatic nitrogens is 1. The molecule has 0 bridgehead atoms. The molecule has 0 fully saturated rings. The molecule has 4 aromatic carbocycles. The first-order chi connectivity index (χ1) is 17.2. The van der Waals surface area contributed by atoms with Crippen molar-refractivity contribution in [2.24, 2.45) is 0 Å². The van der Waals surface area contributed by atoms with Gasteiger partial charge in [-0.1, -0.05) is 103 Å². The Morgan fingerprint density at radius 2 is 1.31 bits per heavy atom. The molecule has 5 heteroatoms. The van der Waals surface area contributed by atoms with Crippen molar-refractivity contribution in [3.63, 3.8) is 0 Å².